The van der Waals surface area contributed by atoms with Gasteiger partial charge in [0.2, 0.25) is 0 Å². The molecule has 1 aromatic carbocycles. The van der Waals surface area contributed by atoms with Crippen LogP contribution in [0.3, 0.4) is 0 Å². The van der Waals surface area contributed by atoms with Crippen LogP contribution in [0.15, 0.2) is 28.9 Å². The van der Waals surface area contributed by atoms with Crippen LogP contribution < -0.4 is 0 Å². The molecule has 2 aromatic rings. The monoisotopic (exact) mass is 334 g/mol. The number of aldehydes is 1. The average Bonchev–Trinajstić information content (AvgIpc) is 2.78. The van der Waals surface area contributed by atoms with Gasteiger partial charge in [0.1, 0.15) is 5.69 Å². The molecule has 1 aromatic heterocycles. The molecule has 0 fully saturated rings. The van der Waals surface area contributed by atoms with Gasteiger partial charge in [0.05, 0.1) is 5.56 Å². The number of nitrogens with zero attached hydrogens (tertiary/aromatic N) is 2. The highest BCUT2D eigenvalue weighted by Gasteiger charge is 2.12. The van der Waals surface area contributed by atoms with Crippen molar-refractivity contribution in [1.29, 1.82) is 0 Å². The third-order valence-corrected chi connectivity index (χ3v) is 3.63. The predicted octanol–water partition coefficient (Wildman–Crippen LogP) is 4.48. The Balaban J connectivity index is 2.37. The number of aryl methyl sites for hydroxylation is 2. The lowest BCUT2D eigenvalue weighted by molar-refractivity contribution is 0.112. The largest absolute Gasteiger partial charge is 0.298 e. The van der Waals surface area contributed by atoms with Gasteiger partial charge in [-0.1, -0.05) is 29.8 Å². The van der Waals surface area contributed by atoms with Crippen molar-refractivity contribution >= 4 is 22.2 Å². The number of hydrogen-bond donors (Lipinski definition) is 0. The highest BCUT2D eigenvalue weighted by atomic mass is 79.9. The molecule has 0 spiro atoms. The first kappa shape index (κ1) is 15.0. The standard InChI is InChI=1S/C16H19BrN2O/c1-11(2)4-5-19-9-14(10-20)16(18-19)13-6-12(3)7-15(17)8-13/h6-11H,4-5H2,1-3H3. The molecule has 0 amide bonds. The molecular weight excluding hydrogens is 316 g/mol. The molecule has 0 bridgehead atoms. The van der Waals surface area contributed by atoms with Crippen LogP contribution in [0.2, 0.25) is 0 Å². The summed E-state index contributed by atoms with van der Waals surface area (Å²) in [6.45, 7) is 7.24. The minimum absolute atomic E-state index is 0.621. The van der Waals surface area contributed by atoms with E-state index < -0.39 is 0 Å². The second-order valence-corrected chi connectivity index (χ2v) is 6.43. The number of carbonyl (C=O) groups excluding carboxylic acids is 1. The number of aromatic nitrogens is 2. The van der Waals surface area contributed by atoms with Gasteiger partial charge in [0.25, 0.3) is 0 Å². The third-order valence-electron chi connectivity index (χ3n) is 3.17. The van der Waals surface area contributed by atoms with Crippen molar-refractivity contribution < 1.29 is 4.79 Å². The average molecular weight is 335 g/mol. The summed E-state index contributed by atoms with van der Waals surface area (Å²) in [6.07, 6.45) is 3.77. The van der Waals surface area contributed by atoms with E-state index >= 15 is 0 Å². The van der Waals surface area contributed by atoms with Gasteiger partial charge in [0.15, 0.2) is 6.29 Å². The second-order valence-electron chi connectivity index (χ2n) is 5.51. The van der Waals surface area contributed by atoms with Crippen molar-refractivity contribution in [2.75, 3.05) is 0 Å². The normalized spacial score (nSPS) is 11.1. The Morgan fingerprint density at radius 2 is 2.10 bits per heavy atom. The molecule has 0 unspecified atom stereocenters. The maximum Gasteiger partial charge on any atom is 0.153 e. The van der Waals surface area contributed by atoms with Gasteiger partial charge in [0, 0.05) is 22.8 Å². The minimum Gasteiger partial charge on any atom is -0.298 e. The molecule has 106 valence electrons. The number of halogens is 1. The lowest BCUT2D eigenvalue weighted by Gasteiger charge is -2.04. The Hall–Kier alpha value is -1.42. The summed E-state index contributed by atoms with van der Waals surface area (Å²) >= 11 is 3.49. The van der Waals surface area contributed by atoms with Gasteiger partial charge >= 0.3 is 0 Å². The number of rotatable bonds is 5. The highest BCUT2D eigenvalue weighted by molar-refractivity contribution is 9.10. The van der Waals surface area contributed by atoms with E-state index in [4.69, 9.17) is 0 Å². The van der Waals surface area contributed by atoms with Gasteiger partial charge in [-0.15, -0.1) is 0 Å². The topological polar surface area (TPSA) is 34.9 Å². The molecular formula is C16H19BrN2O. The molecule has 0 N–H and O–H groups in total. The molecule has 0 aliphatic carbocycles. The Bertz CT molecular complexity index is 597. The Labute approximate surface area is 128 Å². The molecule has 3 nitrogen and oxygen atoms in total. The first-order chi connectivity index (χ1) is 9.49. The summed E-state index contributed by atoms with van der Waals surface area (Å²) in [5.74, 6) is 0.621. The molecule has 1 heterocycles. The zero-order valence-corrected chi connectivity index (χ0v) is 13.6. The lowest BCUT2D eigenvalue weighted by atomic mass is 10.1. The van der Waals surface area contributed by atoms with Crippen LogP contribution in [0.5, 0.6) is 0 Å². The van der Waals surface area contributed by atoms with Crippen LogP contribution in [0, 0.1) is 12.8 Å². The SMILES string of the molecule is Cc1cc(Br)cc(-c2nn(CCC(C)C)cc2C=O)c1. The van der Waals surface area contributed by atoms with Gasteiger partial charge in [-0.05, 0) is 43.0 Å². The zero-order valence-electron chi connectivity index (χ0n) is 12.1. The first-order valence-corrected chi connectivity index (χ1v) is 7.59. The number of carbonyl (C=O) groups is 1. The summed E-state index contributed by atoms with van der Waals surface area (Å²) < 4.78 is 2.87. The third kappa shape index (κ3) is 3.57. The van der Waals surface area contributed by atoms with E-state index in [1.54, 1.807) is 0 Å². The summed E-state index contributed by atoms with van der Waals surface area (Å²) in [5.41, 5.74) is 3.52. The summed E-state index contributed by atoms with van der Waals surface area (Å²) in [7, 11) is 0. The molecule has 0 aliphatic rings. The van der Waals surface area contributed by atoms with E-state index in [1.165, 1.54) is 0 Å². The van der Waals surface area contributed by atoms with Crippen molar-refractivity contribution in [3.05, 3.63) is 40.0 Å². The van der Waals surface area contributed by atoms with Crippen LogP contribution in [-0.2, 0) is 6.54 Å². The van der Waals surface area contributed by atoms with Crippen molar-refractivity contribution in [3.8, 4) is 11.3 Å². The zero-order chi connectivity index (χ0) is 14.7. The van der Waals surface area contributed by atoms with Crippen LogP contribution in [0.25, 0.3) is 11.3 Å². The fourth-order valence-corrected chi connectivity index (χ4v) is 2.73. The predicted molar refractivity (Wildman–Crippen MR) is 84.9 cm³/mol. The van der Waals surface area contributed by atoms with Crippen LogP contribution >= 0.6 is 15.9 Å². The molecule has 0 saturated heterocycles. The van der Waals surface area contributed by atoms with E-state index in [-0.39, 0.29) is 0 Å². The Morgan fingerprint density at radius 3 is 2.70 bits per heavy atom. The highest BCUT2D eigenvalue weighted by Crippen LogP contribution is 2.26. The molecule has 0 aliphatic heterocycles. The fraction of sp³-hybridized carbons (Fsp3) is 0.375. The van der Waals surface area contributed by atoms with Crippen LogP contribution in [0.4, 0.5) is 0 Å². The van der Waals surface area contributed by atoms with Crippen molar-refractivity contribution in [2.24, 2.45) is 5.92 Å². The van der Waals surface area contributed by atoms with Crippen molar-refractivity contribution in [2.45, 2.75) is 33.7 Å². The molecule has 20 heavy (non-hydrogen) atoms. The molecule has 0 saturated carbocycles. The Kier molecular flexibility index (Phi) is 4.76. The van der Waals surface area contributed by atoms with Gasteiger partial charge in [-0.3, -0.25) is 9.48 Å². The maximum atomic E-state index is 11.3. The van der Waals surface area contributed by atoms with Crippen molar-refractivity contribution in [1.82, 2.24) is 9.78 Å². The van der Waals surface area contributed by atoms with E-state index in [2.05, 4.69) is 34.9 Å². The smallest absolute Gasteiger partial charge is 0.153 e. The minimum atomic E-state index is 0.621. The fourth-order valence-electron chi connectivity index (χ4n) is 2.13. The maximum absolute atomic E-state index is 11.3. The lowest BCUT2D eigenvalue weighted by Crippen LogP contribution is -2.02. The van der Waals surface area contributed by atoms with E-state index in [1.807, 2.05) is 36.0 Å². The quantitative estimate of drug-likeness (QED) is 0.755. The van der Waals surface area contributed by atoms with E-state index in [9.17, 15) is 4.79 Å². The first-order valence-electron chi connectivity index (χ1n) is 6.80. The Morgan fingerprint density at radius 1 is 1.35 bits per heavy atom. The summed E-state index contributed by atoms with van der Waals surface area (Å²) in [6, 6.07) is 6.09. The molecule has 4 heteroatoms. The van der Waals surface area contributed by atoms with Crippen LogP contribution in [-0.4, -0.2) is 16.1 Å². The number of hydrogen-bond acceptors (Lipinski definition) is 2. The van der Waals surface area contributed by atoms with Gasteiger partial charge < -0.3 is 0 Å². The van der Waals surface area contributed by atoms with E-state index in [0.29, 0.717) is 11.5 Å². The van der Waals surface area contributed by atoms with Gasteiger partial charge in [-0.2, -0.15) is 5.10 Å². The number of benzene rings is 1. The van der Waals surface area contributed by atoms with Gasteiger partial charge in [-0.25, -0.2) is 0 Å². The molecule has 2 rings (SSSR count). The molecule has 0 radical (unpaired) electrons. The molecule has 0 atom stereocenters. The van der Waals surface area contributed by atoms with Crippen molar-refractivity contribution in [3.63, 3.8) is 0 Å². The summed E-state index contributed by atoms with van der Waals surface area (Å²) in [5, 5.41) is 4.57. The summed E-state index contributed by atoms with van der Waals surface area (Å²) in [4.78, 5) is 11.3. The van der Waals surface area contributed by atoms with Crippen LogP contribution in [0.1, 0.15) is 36.2 Å². The second kappa shape index (κ2) is 6.35. The van der Waals surface area contributed by atoms with E-state index in [0.717, 1.165) is 40.5 Å².